The van der Waals surface area contributed by atoms with E-state index in [4.69, 9.17) is 0 Å². The van der Waals surface area contributed by atoms with Crippen molar-refractivity contribution in [2.75, 3.05) is 17.3 Å². The van der Waals surface area contributed by atoms with Gasteiger partial charge >= 0.3 is 6.18 Å². The Morgan fingerprint density at radius 3 is 2.33 bits per heavy atom. The smallest absolute Gasteiger partial charge is 0.343 e. The van der Waals surface area contributed by atoms with E-state index in [-0.39, 0.29) is 11.9 Å². The highest BCUT2D eigenvalue weighted by Crippen LogP contribution is 2.29. The van der Waals surface area contributed by atoms with E-state index in [1.165, 1.54) is 12.3 Å². The van der Waals surface area contributed by atoms with Crippen molar-refractivity contribution in [3.05, 3.63) is 72.1 Å². The van der Waals surface area contributed by atoms with Gasteiger partial charge < -0.3 is 15.2 Å². The molecule has 4 aromatic rings. The molecule has 1 amide bonds. The van der Waals surface area contributed by atoms with Crippen molar-refractivity contribution in [3.8, 4) is 11.1 Å². The van der Waals surface area contributed by atoms with E-state index >= 15 is 0 Å². The number of nitrogens with one attached hydrogen (secondary N) is 2. The van der Waals surface area contributed by atoms with Crippen LogP contribution < -0.4 is 10.2 Å². The summed E-state index contributed by atoms with van der Waals surface area (Å²) in [5.41, 5.74) is 2.88. The van der Waals surface area contributed by atoms with E-state index in [9.17, 15) is 18.0 Å². The van der Waals surface area contributed by atoms with Crippen LogP contribution in [0.3, 0.4) is 0 Å². The Balaban J connectivity index is 1.48. The number of halogens is 3. The highest BCUT2D eigenvalue weighted by atomic mass is 19.4. The number of alkyl halides is 3. The Hall–Kier alpha value is -3.88. The number of aromatic amines is 1. The first-order chi connectivity index (χ1) is 15.6. The van der Waals surface area contributed by atoms with E-state index in [0.29, 0.717) is 22.4 Å². The third kappa shape index (κ3) is 4.82. The summed E-state index contributed by atoms with van der Waals surface area (Å²) in [6.45, 7) is 4.14. The zero-order valence-electron chi connectivity index (χ0n) is 18.2. The second-order valence-corrected chi connectivity index (χ2v) is 7.96. The Labute approximate surface area is 188 Å². The molecule has 0 aliphatic heterocycles. The van der Waals surface area contributed by atoms with Gasteiger partial charge in [0, 0.05) is 36.1 Å². The standard InChI is InChI=1S/C24H22F3N5O/c1-14(2)32(3)23-30-19-10-9-18(12-20(19)31-23)29-22(33)16-6-4-15(5-7-16)17-8-11-21(28-13-17)24(25,26)27/h4-14H,1-3H3,(H,29,33)(H,30,31). The SMILES string of the molecule is CC(C)N(C)c1nc2ccc(NC(=O)c3ccc(-c4ccc(C(F)(F)F)nc4)cc3)cc2[nH]1. The van der Waals surface area contributed by atoms with Gasteiger partial charge in [-0.15, -0.1) is 0 Å². The number of carbonyl (C=O) groups excluding carboxylic acids is 1. The molecule has 2 aromatic carbocycles. The number of amides is 1. The van der Waals surface area contributed by atoms with Crippen LogP contribution in [-0.4, -0.2) is 33.9 Å². The molecule has 6 nitrogen and oxygen atoms in total. The van der Waals surface area contributed by atoms with Crippen LogP contribution in [0.5, 0.6) is 0 Å². The third-order valence-electron chi connectivity index (χ3n) is 5.37. The number of benzene rings is 2. The van der Waals surface area contributed by atoms with Crippen molar-refractivity contribution in [2.24, 2.45) is 0 Å². The summed E-state index contributed by atoms with van der Waals surface area (Å²) in [6, 6.07) is 14.6. The van der Waals surface area contributed by atoms with Crippen LogP contribution in [0, 0.1) is 0 Å². The number of imidazole rings is 1. The van der Waals surface area contributed by atoms with E-state index in [1.807, 2.05) is 24.1 Å². The number of fused-ring (bicyclic) bond motifs is 1. The molecule has 0 saturated heterocycles. The summed E-state index contributed by atoms with van der Waals surface area (Å²) >= 11 is 0. The van der Waals surface area contributed by atoms with Crippen molar-refractivity contribution in [2.45, 2.75) is 26.1 Å². The minimum absolute atomic E-state index is 0.283. The molecule has 4 rings (SSSR count). The topological polar surface area (TPSA) is 73.9 Å². The number of aromatic nitrogens is 3. The maximum absolute atomic E-state index is 12.7. The first-order valence-electron chi connectivity index (χ1n) is 10.3. The van der Waals surface area contributed by atoms with Gasteiger partial charge in [0.25, 0.3) is 5.91 Å². The molecule has 0 aliphatic carbocycles. The van der Waals surface area contributed by atoms with Crippen LogP contribution in [-0.2, 0) is 6.18 Å². The molecule has 0 atom stereocenters. The van der Waals surface area contributed by atoms with Crippen LogP contribution in [0.25, 0.3) is 22.2 Å². The molecular weight excluding hydrogens is 431 g/mol. The van der Waals surface area contributed by atoms with Gasteiger partial charge in [0.1, 0.15) is 5.69 Å². The van der Waals surface area contributed by atoms with Crippen LogP contribution in [0.4, 0.5) is 24.8 Å². The molecule has 9 heteroatoms. The number of nitrogens with zero attached hydrogens (tertiary/aromatic N) is 3. The fraction of sp³-hybridized carbons (Fsp3) is 0.208. The fourth-order valence-corrected chi connectivity index (χ4v) is 3.24. The van der Waals surface area contributed by atoms with Crippen molar-refractivity contribution in [1.82, 2.24) is 15.0 Å². The Morgan fingerprint density at radius 1 is 1.03 bits per heavy atom. The Bertz CT molecular complexity index is 1280. The number of hydrogen-bond acceptors (Lipinski definition) is 4. The molecule has 0 unspecified atom stereocenters. The lowest BCUT2D eigenvalue weighted by Crippen LogP contribution is -2.26. The van der Waals surface area contributed by atoms with Gasteiger partial charge in [-0.1, -0.05) is 18.2 Å². The van der Waals surface area contributed by atoms with E-state index < -0.39 is 11.9 Å². The minimum atomic E-state index is -4.48. The molecule has 0 bridgehead atoms. The molecule has 0 fully saturated rings. The molecule has 0 aliphatic rings. The zero-order valence-corrected chi connectivity index (χ0v) is 18.2. The molecule has 170 valence electrons. The molecule has 0 saturated carbocycles. The van der Waals surface area contributed by atoms with Crippen molar-refractivity contribution in [1.29, 1.82) is 0 Å². The predicted octanol–water partition coefficient (Wildman–Crippen LogP) is 5.74. The number of anilines is 2. The minimum Gasteiger partial charge on any atom is -0.343 e. The summed E-state index contributed by atoms with van der Waals surface area (Å²) in [5.74, 6) is 0.447. The normalized spacial score (nSPS) is 11.7. The first-order valence-corrected chi connectivity index (χ1v) is 10.3. The van der Waals surface area contributed by atoms with E-state index in [0.717, 1.165) is 23.0 Å². The third-order valence-corrected chi connectivity index (χ3v) is 5.37. The van der Waals surface area contributed by atoms with Gasteiger partial charge in [-0.05, 0) is 55.8 Å². The number of pyridine rings is 1. The van der Waals surface area contributed by atoms with Gasteiger partial charge in [-0.3, -0.25) is 9.78 Å². The van der Waals surface area contributed by atoms with E-state index in [1.54, 1.807) is 30.3 Å². The summed E-state index contributed by atoms with van der Waals surface area (Å²) in [4.78, 5) is 26.0. The van der Waals surface area contributed by atoms with Gasteiger partial charge in [-0.2, -0.15) is 13.2 Å². The Morgan fingerprint density at radius 2 is 1.73 bits per heavy atom. The van der Waals surface area contributed by atoms with Gasteiger partial charge in [-0.25, -0.2) is 4.98 Å². The maximum Gasteiger partial charge on any atom is 0.433 e. The summed E-state index contributed by atoms with van der Waals surface area (Å²) in [6.07, 6.45) is -3.31. The number of hydrogen-bond donors (Lipinski definition) is 2. The lowest BCUT2D eigenvalue weighted by Gasteiger charge is -2.19. The van der Waals surface area contributed by atoms with Crippen LogP contribution in [0.1, 0.15) is 29.9 Å². The molecule has 2 aromatic heterocycles. The second-order valence-electron chi connectivity index (χ2n) is 7.96. The quantitative estimate of drug-likeness (QED) is 0.404. The highest BCUT2D eigenvalue weighted by molar-refractivity contribution is 6.05. The van der Waals surface area contributed by atoms with Gasteiger partial charge in [0.15, 0.2) is 0 Å². The molecule has 2 heterocycles. The average molecular weight is 453 g/mol. The van der Waals surface area contributed by atoms with Gasteiger partial charge in [0.2, 0.25) is 5.95 Å². The van der Waals surface area contributed by atoms with E-state index in [2.05, 4.69) is 34.1 Å². The largest absolute Gasteiger partial charge is 0.433 e. The number of carbonyl (C=O) groups is 1. The predicted molar refractivity (Wildman–Crippen MR) is 122 cm³/mol. The summed E-state index contributed by atoms with van der Waals surface area (Å²) < 4.78 is 38.0. The molecule has 0 radical (unpaired) electrons. The lowest BCUT2D eigenvalue weighted by molar-refractivity contribution is -0.141. The fourth-order valence-electron chi connectivity index (χ4n) is 3.24. The Kier molecular flexibility index (Phi) is 5.80. The zero-order chi connectivity index (χ0) is 23.8. The van der Waals surface area contributed by atoms with Crippen LogP contribution >= 0.6 is 0 Å². The lowest BCUT2D eigenvalue weighted by atomic mass is 10.0. The molecule has 33 heavy (non-hydrogen) atoms. The molecular formula is C24H22F3N5O. The first kappa shape index (κ1) is 22.3. The van der Waals surface area contributed by atoms with Crippen LogP contribution in [0.2, 0.25) is 0 Å². The van der Waals surface area contributed by atoms with Crippen LogP contribution in [0.15, 0.2) is 60.8 Å². The number of H-pyrrole nitrogens is 1. The molecule has 0 spiro atoms. The highest BCUT2D eigenvalue weighted by Gasteiger charge is 2.32. The van der Waals surface area contributed by atoms with Crippen molar-refractivity contribution in [3.63, 3.8) is 0 Å². The maximum atomic E-state index is 12.7. The monoisotopic (exact) mass is 453 g/mol. The van der Waals surface area contributed by atoms with Crippen molar-refractivity contribution >= 4 is 28.6 Å². The summed E-state index contributed by atoms with van der Waals surface area (Å²) in [5, 5.41) is 2.86. The number of rotatable bonds is 5. The summed E-state index contributed by atoms with van der Waals surface area (Å²) in [7, 11) is 1.95. The average Bonchev–Trinajstić information content (AvgIpc) is 3.21. The van der Waals surface area contributed by atoms with Gasteiger partial charge in [0.05, 0.1) is 11.0 Å². The second kappa shape index (κ2) is 8.57. The van der Waals surface area contributed by atoms with Crippen molar-refractivity contribution < 1.29 is 18.0 Å². The molecule has 2 N–H and O–H groups in total.